The third-order valence-corrected chi connectivity index (χ3v) is 5.12. The summed E-state index contributed by atoms with van der Waals surface area (Å²) in [7, 11) is 0. The molecule has 0 spiro atoms. The Morgan fingerprint density at radius 3 is 2.46 bits per heavy atom. The van der Waals surface area contributed by atoms with E-state index in [0.29, 0.717) is 25.1 Å². The van der Waals surface area contributed by atoms with Gasteiger partial charge in [0.05, 0.1) is 11.3 Å². The van der Waals surface area contributed by atoms with Crippen LogP contribution >= 0.6 is 11.6 Å². The largest absolute Gasteiger partial charge is 0.417 e. The molecule has 1 unspecified atom stereocenters. The van der Waals surface area contributed by atoms with Crippen molar-refractivity contribution in [1.82, 2.24) is 15.3 Å². The van der Waals surface area contributed by atoms with E-state index in [9.17, 15) is 13.2 Å². The van der Waals surface area contributed by atoms with E-state index in [1.165, 1.54) is 12.1 Å². The molecule has 2 aromatic carbocycles. The Morgan fingerprint density at radius 1 is 1.00 bits per heavy atom. The predicted molar refractivity (Wildman–Crippen MR) is 102 cm³/mol. The maximum absolute atomic E-state index is 13.4. The normalized spacial score (nSPS) is 16.6. The van der Waals surface area contributed by atoms with Crippen molar-refractivity contribution in [2.45, 2.75) is 25.1 Å². The van der Waals surface area contributed by atoms with Crippen LogP contribution in [-0.4, -0.2) is 16.5 Å². The number of fused-ring (bicyclic) bond motifs is 1. The molecule has 144 valence electrons. The molecule has 28 heavy (non-hydrogen) atoms. The zero-order chi connectivity index (χ0) is 19.7. The molecule has 2 heterocycles. The van der Waals surface area contributed by atoms with Gasteiger partial charge in [0.1, 0.15) is 5.15 Å². The zero-order valence-electron chi connectivity index (χ0n) is 14.8. The number of benzene rings is 2. The second-order valence-corrected chi connectivity index (χ2v) is 7.05. The van der Waals surface area contributed by atoms with Crippen molar-refractivity contribution < 1.29 is 13.2 Å². The molecule has 1 aliphatic heterocycles. The summed E-state index contributed by atoms with van der Waals surface area (Å²) in [5.74, 6) is 0.0111. The summed E-state index contributed by atoms with van der Waals surface area (Å²) >= 11 is 6.45. The van der Waals surface area contributed by atoms with Crippen LogP contribution in [-0.2, 0) is 19.0 Å². The minimum atomic E-state index is -4.49. The Kier molecular flexibility index (Phi) is 5.08. The van der Waals surface area contributed by atoms with Crippen molar-refractivity contribution in [1.29, 1.82) is 0 Å². The highest BCUT2D eigenvalue weighted by atomic mass is 35.5. The molecule has 0 radical (unpaired) electrons. The average molecular weight is 404 g/mol. The number of rotatable bonds is 3. The number of hydrogen-bond acceptors (Lipinski definition) is 3. The fraction of sp³-hybridized carbons (Fsp3) is 0.238. The smallest absolute Gasteiger partial charge is 0.309 e. The number of halogens is 4. The van der Waals surface area contributed by atoms with Crippen LogP contribution in [0.15, 0.2) is 54.6 Å². The number of aromatic nitrogens is 2. The van der Waals surface area contributed by atoms with Crippen molar-refractivity contribution >= 4 is 11.6 Å². The van der Waals surface area contributed by atoms with E-state index in [4.69, 9.17) is 11.6 Å². The van der Waals surface area contributed by atoms with Gasteiger partial charge in [0.25, 0.3) is 0 Å². The van der Waals surface area contributed by atoms with Crippen LogP contribution < -0.4 is 5.32 Å². The van der Waals surface area contributed by atoms with E-state index in [0.717, 1.165) is 17.2 Å². The Hall–Kier alpha value is -2.44. The Labute approximate surface area is 165 Å². The summed E-state index contributed by atoms with van der Waals surface area (Å²) in [4.78, 5) is 8.71. The third-order valence-electron chi connectivity index (χ3n) is 4.84. The lowest BCUT2D eigenvalue weighted by Gasteiger charge is -2.27. The van der Waals surface area contributed by atoms with Crippen molar-refractivity contribution in [2.24, 2.45) is 0 Å². The van der Waals surface area contributed by atoms with Gasteiger partial charge < -0.3 is 5.32 Å². The fourth-order valence-electron chi connectivity index (χ4n) is 3.56. The van der Waals surface area contributed by atoms with Crippen molar-refractivity contribution in [3.8, 4) is 11.4 Å². The van der Waals surface area contributed by atoms with Crippen molar-refractivity contribution in [3.63, 3.8) is 0 Å². The molecular formula is C21H17ClF3N3. The van der Waals surface area contributed by atoms with E-state index in [1.807, 2.05) is 30.3 Å². The van der Waals surface area contributed by atoms with Crippen LogP contribution in [0.25, 0.3) is 11.4 Å². The van der Waals surface area contributed by atoms with Crippen LogP contribution in [0.3, 0.4) is 0 Å². The summed E-state index contributed by atoms with van der Waals surface area (Å²) in [6, 6.07) is 15.2. The third kappa shape index (κ3) is 3.75. The van der Waals surface area contributed by atoms with E-state index in [2.05, 4.69) is 15.3 Å². The number of nitrogens with zero attached hydrogens (tertiary/aromatic N) is 2. The van der Waals surface area contributed by atoms with E-state index < -0.39 is 11.7 Å². The van der Waals surface area contributed by atoms with Crippen LogP contribution in [0.4, 0.5) is 13.2 Å². The van der Waals surface area contributed by atoms with E-state index in [-0.39, 0.29) is 22.6 Å². The zero-order valence-corrected chi connectivity index (χ0v) is 15.6. The molecule has 0 saturated heterocycles. The van der Waals surface area contributed by atoms with Gasteiger partial charge in [-0.2, -0.15) is 13.2 Å². The molecule has 0 amide bonds. The van der Waals surface area contributed by atoms with Gasteiger partial charge in [-0.15, -0.1) is 0 Å². The summed E-state index contributed by atoms with van der Waals surface area (Å²) in [6.45, 7) is 0.679. The van der Waals surface area contributed by atoms with Crippen LogP contribution in [0.1, 0.15) is 28.4 Å². The van der Waals surface area contributed by atoms with Gasteiger partial charge in [-0.1, -0.05) is 60.1 Å². The molecule has 0 aliphatic carbocycles. The van der Waals surface area contributed by atoms with Crippen molar-refractivity contribution in [3.05, 3.63) is 82.1 Å². The van der Waals surface area contributed by atoms with Gasteiger partial charge in [0.15, 0.2) is 5.82 Å². The second kappa shape index (κ2) is 7.53. The first kappa shape index (κ1) is 18.9. The number of alkyl halides is 3. The van der Waals surface area contributed by atoms with Gasteiger partial charge in [-0.3, -0.25) is 0 Å². The molecular weight excluding hydrogens is 387 g/mol. The predicted octanol–water partition coefficient (Wildman–Crippen LogP) is 5.25. The SMILES string of the molecule is FC(F)(F)c1ccccc1-c1nc(Cl)c2c(n1)CCNC2Cc1ccccc1. The van der Waals surface area contributed by atoms with Gasteiger partial charge in [-0.05, 0) is 18.1 Å². The summed E-state index contributed by atoms with van der Waals surface area (Å²) in [6.07, 6.45) is -3.20. The first-order valence-corrected chi connectivity index (χ1v) is 9.31. The molecule has 1 N–H and O–H groups in total. The summed E-state index contributed by atoms with van der Waals surface area (Å²) in [5, 5.41) is 3.61. The van der Waals surface area contributed by atoms with E-state index in [1.54, 1.807) is 6.07 Å². The summed E-state index contributed by atoms with van der Waals surface area (Å²) in [5.41, 5.74) is 1.78. The van der Waals surface area contributed by atoms with Crippen LogP contribution in [0.5, 0.6) is 0 Å². The lowest BCUT2D eigenvalue weighted by atomic mass is 9.94. The molecule has 1 aromatic heterocycles. The Morgan fingerprint density at radius 2 is 1.71 bits per heavy atom. The number of hydrogen-bond donors (Lipinski definition) is 1. The Balaban J connectivity index is 1.75. The molecule has 0 fully saturated rings. The molecule has 0 saturated carbocycles. The highest BCUT2D eigenvalue weighted by molar-refractivity contribution is 6.30. The minimum absolute atomic E-state index is 0.0111. The monoisotopic (exact) mass is 403 g/mol. The van der Waals surface area contributed by atoms with Crippen LogP contribution in [0, 0.1) is 0 Å². The first-order valence-electron chi connectivity index (χ1n) is 8.93. The van der Waals surface area contributed by atoms with E-state index >= 15 is 0 Å². The molecule has 3 nitrogen and oxygen atoms in total. The average Bonchev–Trinajstić information content (AvgIpc) is 2.68. The maximum atomic E-state index is 13.4. The van der Waals surface area contributed by atoms with Crippen LogP contribution in [0.2, 0.25) is 5.15 Å². The molecule has 3 aromatic rings. The second-order valence-electron chi connectivity index (χ2n) is 6.69. The first-order chi connectivity index (χ1) is 13.4. The van der Waals surface area contributed by atoms with Gasteiger partial charge in [0.2, 0.25) is 0 Å². The molecule has 7 heteroatoms. The topological polar surface area (TPSA) is 37.8 Å². The quantitative estimate of drug-likeness (QED) is 0.607. The number of nitrogens with one attached hydrogen (secondary N) is 1. The van der Waals surface area contributed by atoms with Gasteiger partial charge >= 0.3 is 6.18 Å². The lowest BCUT2D eigenvalue weighted by Crippen LogP contribution is -2.32. The van der Waals surface area contributed by atoms with Gasteiger partial charge in [-0.25, -0.2) is 9.97 Å². The standard InChI is InChI=1S/C21H17ClF3N3/c22-19-18-16(10-11-26-17(18)12-13-6-2-1-3-7-13)27-20(28-19)14-8-4-5-9-15(14)21(23,24)25/h1-9,17,26H,10-12H2. The fourth-order valence-corrected chi connectivity index (χ4v) is 3.88. The van der Waals surface area contributed by atoms with Crippen molar-refractivity contribution in [2.75, 3.05) is 6.54 Å². The van der Waals surface area contributed by atoms with Gasteiger partial charge in [0, 0.05) is 30.1 Å². The highest BCUT2D eigenvalue weighted by Gasteiger charge is 2.35. The lowest BCUT2D eigenvalue weighted by molar-refractivity contribution is -0.137. The molecule has 1 atom stereocenters. The highest BCUT2D eigenvalue weighted by Crippen LogP contribution is 2.38. The molecule has 1 aliphatic rings. The Bertz CT molecular complexity index is 990. The summed E-state index contributed by atoms with van der Waals surface area (Å²) < 4.78 is 40.1. The molecule has 0 bridgehead atoms. The molecule has 4 rings (SSSR count). The minimum Gasteiger partial charge on any atom is -0.309 e. The maximum Gasteiger partial charge on any atom is 0.417 e.